The molecule has 0 aliphatic rings. The Bertz CT molecular complexity index is 1270. The lowest BCUT2D eigenvalue weighted by molar-refractivity contribution is 0.295. The molecule has 3 heterocycles. The van der Waals surface area contributed by atoms with Crippen molar-refractivity contribution in [2.24, 2.45) is 0 Å². The van der Waals surface area contributed by atoms with E-state index in [2.05, 4.69) is 44.5 Å². The predicted octanol–water partition coefficient (Wildman–Crippen LogP) is 5.95. The van der Waals surface area contributed by atoms with Crippen LogP contribution < -0.4 is 10.1 Å². The number of benzene rings is 2. The van der Waals surface area contributed by atoms with Crippen molar-refractivity contribution in [3.8, 4) is 17.0 Å². The first kappa shape index (κ1) is 17.9. The van der Waals surface area contributed by atoms with Crippen molar-refractivity contribution in [3.63, 3.8) is 0 Å². The van der Waals surface area contributed by atoms with Crippen LogP contribution in [0, 0.1) is 0 Å². The van der Waals surface area contributed by atoms with Crippen molar-refractivity contribution in [1.82, 2.24) is 15.0 Å². The highest BCUT2D eigenvalue weighted by molar-refractivity contribution is 5.96. The van der Waals surface area contributed by atoms with E-state index in [-0.39, 0.29) is 0 Å². The number of aromatic amines is 1. The maximum Gasteiger partial charge on any atom is 0.221 e. The van der Waals surface area contributed by atoms with Gasteiger partial charge in [-0.15, -0.1) is 0 Å². The summed E-state index contributed by atoms with van der Waals surface area (Å²) in [6.07, 6.45) is 7.26. The minimum atomic E-state index is 0.459. The van der Waals surface area contributed by atoms with E-state index in [9.17, 15) is 0 Å². The molecule has 0 spiro atoms. The molecule has 0 saturated carbocycles. The second-order valence-corrected chi connectivity index (χ2v) is 6.96. The number of pyridine rings is 2. The summed E-state index contributed by atoms with van der Waals surface area (Å²) in [6.45, 7) is 0.459. The second kappa shape index (κ2) is 8.09. The van der Waals surface area contributed by atoms with Crippen molar-refractivity contribution < 1.29 is 4.74 Å². The molecule has 0 saturated heterocycles. The number of H-pyrrole nitrogens is 1. The summed E-state index contributed by atoms with van der Waals surface area (Å²) < 4.78 is 6.15. The van der Waals surface area contributed by atoms with Crippen LogP contribution in [-0.4, -0.2) is 15.0 Å². The van der Waals surface area contributed by atoms with Gasteiger partial charge in [-0.25, -0.2) is 4.98 Å². The van der Waals surface area contributed by atoms with Crippen molar-refractivity contribution in [2.75, 3.05) is 5.32 Å². The van der Waals surface area contributed by atoms with E-state index < -0.39 is 0 Å². The predicted molar refractivity (Wildman–Crippen MR) is 120 cm³/mol. The lowest BCUT2D eigenvalue weighted by Crippen LogP contribution is -2.01. The Hall–Kier alpha value is -4.12. The minimum Gasteiger partial charge on any atom is -0.472 e. The Morgan fingerprint density at radius 3 is 2.57 bits per heavy atom. The number of aromatic nitrogens is 3. The fraction of sp³-hybridized carbons (Fsp3) is 0.0400. The molecule has 5 nitrogen and oxygen atoms in total. The van der Waals surface area contributed by atoms with Crippen LogP contribution in [0.1, 0.15) is 5.56 Å². The van der Waals surface area contributed by atoms with E-state index in [0.717, 1.165) is 39.0 Å². The smallest absolute Gasteiger partial charge is 0.221 e. The van der Waals surface area contributed by atoms with Crippen LogP contribution in [0.5, 0.6) is 5.88 Å². The highest BCUT2D eigenvalue weighted by Crippen LogP contribution is 2.36. The fourth-order valence-electron chi connectivity index (χ4n) is 3.48. The van der Waals surface area contributed by atoms with E-state index in [0.29, 0.717) is 12.5 Å². The van der Waals surface area contributed by atoms with Crippen LogP contribution in [0.2, 0.25) is 0 Å². The highest BCUT2D eigenvalue weighted by atomic mass is 16.5. The van der Waals surface area contributed by atoms with Gasteiger partial charge in [-0.05, 0) is 41.5 Å². The Morgan fingerprint density at radius 1 is 0.833 bits per heavy atom. The van der Waals surface area contributed by atoms with E-state index in [1.165, 1.54) is 0 Å². The zero-order valence-electron chi connectivity index (χ0n) is 16.2. The molecule has 0 fully saturated rings. The van der Waals surface area contributed by atoms with Gasteiger partial charge < -0.3 is 15.0 Å². The molecular weight excluding hydrogens is 372 g/mol. The summed E-state index contributed by atoms with van der Waals surface area (Å²) in [7, 11) is 0. The maximum absolute atomic E-state index is 6.15. The number of nitrogens with zero attached hydrogens (tertiary/aromatic N) is 2. The SMILES string of the molecule is c1ccc(COc2ncc(Nc3ccncc3)cc2-c2cccc3[nH]ccc23)cc1. The first-order chi connectivity index (χ1) is 14.9. The summed E-state index contributed by atoms with van der Waals surface area (Å²) in [5.41, 5.74) is 6.03. The Kier molecular flexibility index (Phi) is 4.84. The van der Waals surface area contributed by atoms with E-state index in [4.69, 9.17) is 4.74 Å². The molecule has 0 radical (unpaired) electrons. The third kappa shape index (κ3) is 3.73. The first-order valence-corrected chi connectivity index (χ1v) is 9.77. The average Bonchev–Trinajstić information content (AvgIpc) is 3.29. The van der Waals surface area contributed by atoms with Crippen LogP contribution >= 0.6 is 0 Å². The molecule has 0 unspecified atom stereocenters. The number of rotatable bonds is 6. The third-order valence-corrected chi connectivity index (χ3v) is 4.92. The normalized spacial score (nSPS) is 10.8. The number of fused-ring (bicyclic) bond motifs is 1. The maximum atomic E-state index is 6.15. The van der Waals surface area contributed by atoms with Gasteiger partial charge in [0.1, 0.15) is 6.61 Å². The lowest BCUT2D eigenvalue weighted by atomic mass is 10.0. The van der Waals surface area contributed by atoms with Gasteiger partial charge in [-0.1, -0.05) is 42.5 Å². The van der Waals surface area contributed by atoms with Crippen LogP contribution in [0.15, 0.2) is 97.6 Å². The summed E-state index contributed by atoms with van der Waals surface area (Å²) in [5, 5.41) is 4.52. The molecule has 3 aromatic heterocycles. The van der Waals surface area contributed by atoms with Gasteiger partial charge in [0.2, 0.25) is 5.88 Å². The Morgan fingerprint density at radius 2 is 1.70 bits per heavy atom. The molecule has 0 aliphatic carbocycles. The molecule has 5 heteroatoms. The molecule has 0 amide bonds. The number of hydrogen-bond donors (Lipinski definition) is 2. The van der Waals surface area contributed by atoms with Crippen molar-refractivity contribution >= 4 is 22.3 Å². The van der Waals surface area contributed by atoms with E-state index in [1.54, 1.807) is 18.6 Å². The van der Waals surface area contributed by atoms with E-state index >= 15 is 0 Å². The van der Waals surface area contributed by atoms with Gasteiger partial charge in [0.05, 0.1) is 11.9 Å². The van der Waals surface area contributed by atoms with Crippen LogP contribution in [0.3, 0.4) is 0 Å². The number of nitrogens with one attached hydrogen (secondary N) is 2. The molecule has 0 aliphatic heterocycles. The fourth-order valence-corrected chi connectivity index (χ4v) is 3.48. The first-order valence-electron chi connectivity index (χ1n) is 9.77. The Labute approximate surface area is 174 Å². The van der Waals surface area contributed by atoms with Crippen LogP contribution in [0.4, 0.5) is 11.4 Å². The molecule has 5 aromatic rings. The van der Waals surface area contributed by atoms with Gasteiger partial charge in [0.15, 0.2) is 0 Å². The monoisotopic (exact) mass is 392 g/mol. The summed E-state index contributed by atoms with van der Waals surface area (Å²) in [5.74, 6) is 0.604. The van der Waals surface area contributed by atoms with Crippen LogP contribution in [0.25, 0.3) is 22.0 Å². The molecular formula is C25H20N4O. The van der Waals surface area contributed by atoms with Crippen molar-refractivity contribution in [3.05, 3.63) is 103 Å². The molecule has 2 aromatic carbocycles. The largest absolute Gasteiger partial charge is 0.472 e. The number of ether oxygens (including phenoxy) is 1. The van der Waals surface area contributed by atoms with Gasteiger partial charge >= 0.3 is 0 Å². The lowest BCUT2D eigenvalue weighted by Gasteiger charge is -2.14. The van der Waals surface area contributed by atoms with E-state index in [1.807, 2.05) is 54.7 Å². The van der Waals surface area contributed by atoms with Crippen molar-refractivity contribution in [1.29, 1.82) is 0 Å². The number of anilines is 2. The molecule has 0 bridgehead atoms. The third-order valence-electron chi connectivity index (χ3n) is 4.92. The van der Waals surface area contributed by atoms with Gasteiger partial charge in [0.25, 0.3) is 0 Å². The zero-order valence-corrected chi connectivity index (χ0v) is 16.2. The van der Waals surface area contributed by atoms with Gasteiger partial charge in [-0.2, -0.15) is 0 Å². The number of hydrogen-bond acceptors (Lipinski definition) is 4. The van der Waals surface area contributed by atoms with Crippen molar-refractivity contribution in [2.45, 2.75) is 6.61 Å². The molecule has 0 atom stereocenters. The topological polar surface area (TPSA) is 62.8 Å². The molecule has 30 heavy (non-hydrogen) atoms. The molecule has 2 N–H and O–H groups in total. The second-order valence-electron chi connectivity index (χ2n) is 6.96. The summed E-state index contributed by atoms with van der Waals surface area (Å²) in [4.78, 5) is 12.0. The summed E-state index contributed by atoms with van der Waals surface area (Å²) in [6, 6.07) is 24.3. The highest BCUT2D eigenvalue weighted by Gasteiger charge is 2.13. The molecule has 146 valence electrons. The van der Waals surface area contributed by atoms with Gasteiger partial charge in [0, 0.05) is 40.7 Å². The standard InChI is InChI=1S/C25H20N4O/c1-2-5-18(6-3-1)17-30-25-23(21-7-4-8-24-22(21)11-14-27-24)15-20(16-28-25)29-19-9-12-26-13-10-19/h1-16,27H,17H2,(H,26,29). The summed E-state index contributed by atoms with van der Waals surface area (Å²) >= 11 is 0. The van der Waals surface area contributed by atoms with Gasteiger partial charge in [-0.3, -0.25) is 4.98 Å². The average molecular weight is 392 g/mol. The van der Waals surface area contributed by atoms with Crippen LogP contribution in [-0.2, 0) is 6.61 Å². The molecule has 5 rings (SSSR count). The minimum absolute atomic E-state index is 0.459. The Balaban J connectivity index is 1.55. The quantitative estimate of drug-likeness (QED) is 0.375. The zero-order chi connectivity index (χ0) is 20.2.